The molecule has 2 heterocycles. The van der Waals surface area contributed by atoms with E-state index in [2.05, 4.69) is 15.1 Å². The lowest BCUT2D eigenvalue weighted by atomic mass is 10.1. The Kier molecular flexibility index (Phi) is 4.70. The van der Waals surface area contributed by atoms with Gasteiger partial charge in [0.25, 0.3) is 11.6 Å². The number of esters is 1. The highest BCUT2D eigenvalue weighted by Crippen LogP contribution is 2.26. The molecular formula is C17H14N4O5. The molecule has 2 aromatic heterocycles. The van der Waals surface area contributed by atoms with Crippen molar-refractivity contribution in [2.24, 2.45) is 0 Å². The number of nitro benzene ring substituents is 1. The van der Waals surface area contributed by atoms with Gasteiger partial charge in [-0.2, -0.15) is 4.98 Å². The van der Waals surface area contributed by atoms with Crippen LogP contribution in [0, 0.1) is 17.0 Å². The predicted molar refractivity (Wildman–Crippen MR) is 89.2 cm³/mol. The molecule has 26 heavy (non-hydrogen) atoms. The van der Waals surface area contributed by atoms with Crippen molar-refractivity contribution in [3.63, 3.8) is 0 Å². The van der Waals surface area contributed by atoms with Crippen LogP contribution in [0.4, 0.5) is 5.69 Å². The lowest BCUT2D eigenvalue weighted by molar-refractivity contribution is -0.385. The number of benzene rings is 1. The summed E-state index contributed by atoms with van der Waals surface area (Å²) in [6.45, 7) is 3.14. The van der Waals surface area contributed by atoms with E-state index in [1.807, 2.05) is 0 Å². The number of carbonyl (C=O) groups excluding carboxylic acids is 1. The van der Waals surface area contributed by atoms with E-state index >= 15 is 0 Å². The highest BCUT2D eigenvalue weighted by atomic mass is 16.6. The van der Waals surface area contributed by atoms with Crippen LogP contribution in [0.2, 0.25) is 0 Å². The lowest BCUT2D eigenvalue weighted by Gasteiger charge is -2.10. The van der Waals surface area contributed by atoms with Crippen molar-refractivity contribution in [3.05, 3.63) is 69.9 Å². The molecule has 132 valence electrons. The number of rotatable bonds is 5. The predicted octanol–water partition coefficient (Wildman–Crippen LogP) is 3.27. The first kappa shape index (κ1) is 17.2. The summed E-state index contributed by atoms with van der Waals surface area (Å²) in [6.07, 6.45) is 2.31. The maximum absolute atomic E-state index is 12.4. The Hall–Kier alpha value is -3.62. The van der Waals surface area contributed by atoms with Gasteiger partial charge in [-0.05, 0) is 31.5 Å². The maximum atomic E-state index is 12.4. The number of aromatic nitrogens is 3. The molecule has 0 bridgehead atoms. The first-order chi connectivity index (χ1) is 12.5. The number of hydrogen-bond acceptors (Lipinski definition) is 8. The van der Waals surface area contributed by atoms with E-state index in [1.165, 1.54) is 12.1 Å². The van der Waals surface area contributed by atoms with Crippen LogP contribution in [0.5, 0.6) is 0 Å². The quantitative estimate of drug-likeness (QED) is 0.389. The molecule has 1 aromatic carbocycles. The maximum Gasteiger partial charge on any atom is 0.346 e. The molecule has 0 saturated carbocycles. The van der Waals surface area contributed by atoms with E-state index in [-0.39, 0.29) is 17.1 Å². The van der Waals surface area contributed by atoms with Gasteiger partial charge in [0.2, 0.25) is 5.82 Å². The molecule has 0 aliphatic rings. The summed E-state index contributed by atoms with van der Waals surface area (Å²) in [6, 6.07) is 7.84. The van der Waals surface area contributed by atoms with Gasteiger partial charge in [-0.15, -0.1) is 0 Å². The summed E-state index contributed by atoms with van der Waals surface area (Å²) in [7, 11) is 0. The van der Waals surface area contributed by atoms with Gasteiger partial charge < -0.3 is 9.26 Å². The van der Waals surface area contributed by atoms with Crippen molar-refractivity contribution in [1.29, 1.82) is 0 Å². The van der Waals surface area contributed by atoms with E-state index in [1.54, 1.807) is 44.4 Å². The van der Waals surface area contributed by atoms with Crippen molar-refractivity contribution in [2.45, 2.75) is 20.0 Å². The van der Waals surface area contributed by atoms with Gasteiger partial charge in [0.05, 0.1) is 4.92 Å². The monoisotopic (exact) mass is 354 g/mol. The van der Waals surface area contributed by atoms with E-state index < -0.39 is 17.0 Å². The Balaban J connectivity index is 1.81. The second kappa shape index (κ2) is 7.09. The number of ether oxygens (including phenoxy) is 1. The Morgan fingerprint density at radius 3 is 2.81 bits per heavy atom. The van der Waals surface area contributed by atoms with Crippen LogP contribution in [0.25, 0.3) is 11.4 Å². The molecule has 0 radical (unpaired) electrons. The van der Waals surface area contributed by atoms with Crippen LogP contribution >= 0.6 is 0 Å². The number of hydrogen-bond donors (Lipinski definition) is 0. The number of nitrogens with zero attached hydrogens (tertiary/aromatic N) is 4. The Bertz CT molecular complexity index is 955. The summed E-state index contributed by atoms with van der Waals surface area (Å²) in [5, 5.41) is 15.0. The summed E-state index contributed by atoms with van der Waals surface area (Å²) < 4.78 is 10.4. The molecule has 3 rings (SSSR count). The molecule has 3 aromatic rings. The van der Waals surface area contributed by atoms with Crippen molar-refractivity contribution in [2.75, 3.05) is 0 Å². The fourth-order valence-electron chi connectivity index (χ4n) is 2.35. The van der Waals surface area contributed by atoms with Crippen molar-refractivity contribution < 1.29 is 19.0 Å². The molecule has 0 fully saturated rings. The Morgan fingerprint density at radius 1 is 1.31 bits per heavy atom. The van der Waals surface area contributed by atoms with Gasteiger partial charge in [0.1, 0.15) is 5.56 Å². The fraction of sp³-hybridized carbons (Fsp3) is 0.176. The molecule has 0 saturated heterocycles. The largest absolute Gasteiger partial charge is 0.449 e. The minimum Gasteiger partial charge on any atom is -0.449 e. The Morgan fingerprint density at radius 2 is 2.12 bits per heavy atom. The van der Waals surface area contributed by atoms with Crippen molar-refractivity contribution in [1.82, 2.24) is 15.1 Å². The smallest absolute Gasteiger partial charge is 0.346 e. The highest BCUT2D eigenvalue weighted by molar-refractivity contribution is 5.95. The number of nitro groups is 1. The average molecular weight is 354 g/mol. The summed E-state index contributed by atoms with van der Waals surface area (Å²) in [5.74, 6) is -0.449. The van der Waals surface area contributed by atoms with Gasteiger partial charge in [0.15, 0.2) is 6.10 Å². The van der Waals surface area contributed by atoms with Crippen LogP contribution < -0.4 is 0 Å². The molecule has 0 amide bonds. The van der Waals surface area contributed by atoms with E-state index in [0.717, 1.165) is 0 Å². The second-order valence-corrected chi connectivity index (χ2v) is 5.47. The fourth-order valence-corrected chi connectivity index (χ4v) is 2.35. The van der Waals surface area contributed by atoms with Crippen LogP contribution in [-0.4, -0.2) is 26.0 Å². The van der Waals surface area contributed by atoms with Crippen LogP contribution in [-0.2, 0) is 4.74 Å². The van der Waals surface area contributed by atoms with E-state index in [0.29, 0.717) is 17.0 Å². The molecule has 0 aliphatic carbocycles. The SMILES string of the molecule is Cc1cccc([N+](=O)[O-])c1C(=O)O[C@@H](C)c1nc(-c2cccnc2)no1. The molecule has 1 atom stereocenters. The van der Waals surface area contributed by atoms with Gasteiger partial charge in [0, 0.05) is 24.0 Å². The number of aryl methyl sites for hydroxylation is 1. The van der Waals surface area contributed by atoms with Gasteiger partial charge in [-0.1, -0.05) is 17.3 Å². The second-order valence-electron chi connectivity index (χ2n) is 5.47. The minimum atomic E-state index is -0.875. The Labute approximate surface area is 147 Å². The highest BCUT2D eigenvalue weighted by Gasteiger charge is 2.27. The van der Waals surface area contributed by atoms with E-state index in [4.69, 9.17) is 9.26 Å². The van der Waals surface area contributed by atoms with Gasteiger partial charge in [-0.25, -0.2) is 4.79 Å². The van der Waals surface area contributed by atoms with Gasteiger partial charge >= 0.3 is 5.97 Å². The third-order valence-electron chi connectivity index (χ3n) is 3.64. The first-order valence-electron chi connectivity index (χ1n) is 7.66. The summed E-state index contributed by atoms with van der Waals surface area (Å²) >= 11 is 0. The zero-order valence-electron chi connectivity index (χ0n) is 13.9. The van der Waals surface area contributed by atoms with E-state index in [9.17, 15) is 14.9 Å². The first-order valence-corrected chi connectivity index (χ1v) is 7.66. The summed E-state index contributed by atoms with van der Waals surface area (Å²) in [4.78, 5) is 31.1. The topological polar surface area (TPSA) is 121 Å². The van der Waals surface area contributed by atoms with Gasteiger partial charge in [-0.3, -0.25) is 15.1 Å². The molecule has 0 unspecified atom stereocenters. The molecule has 9 heteroatoms. The number of pyridine rings is 1. The molecular weight excluding hydrogens is 340 g/mol. The zero-order valence-corrected chi connectivity index (χ0v) is 13.9. The number of carbonyl (C=O) groups is 1. The van der Waals surface area contributed by atoms with Crippen molar-refractivity contribution >= 4 is 11.7 Å². The zero-order chi connectivity index (χ0) is 18.7. The van der Waals surface area contributed by atoms with Crippen LogP contribution in [0.3, 0.4) is 0 Å². The van der Waals surface area contributed by atoms with Crippen molar-refractivity contribution in [3.8, 4) is 11.4 Å². The normalized spacial score (nSPS) is 11.8. The molecule has 0 N–H and O–H groups in total. The lowest BCUT2D eigenvalue weighted by Crippen LogP contribution is -2.13. The average Bonchev–Trinajstić information content (AvgIpc) is 3.12. The molecule has 0 aliphatic heterocycles. The third-order valence-corrected chi connectivity index (χ3v) is 3.64. The summed E-state index contributed by atoms with van der Waals surface area (Å²) in [5.41, 5.74) is 0.675. The standard InChI is InChI=1S/C17H14N4O5/c1-10-5-3-7-13(21(23)24)14(10)17(22)25-11(2)16-19-15(20-26-16)12-6-4-8-18-9-12/h3-9,11H,1-2H3/t11-/m0/s1. The minimum absolute atomic E-state index is 0.0773. The molecule has 9 nitrogen and oxygen atoms in total. The molecule has 0 spiro atoms. The van der Waals surface area contributed by atoms with Crippen LogP contribution in [0.1, 0.15) is 34.8 Å². The third kappa shape index (κ3) is 3.41. The van der Waals surface area contributed by atoms with Crippen LogP contribution in [0.15, 0.2) is 47.2 Å².